The van der Waals surface area contributed by atoms with E-state index in [1.54, 1.807) is 71.8 Å². The number of rotatable bonds is 13. The average Bonchev–Trinajstić information content (AvgIpc) is 3.13. The Balaban J connectivity index is 1.99. The van der Waals surface area contributed by atoms with E-state index in [2.05, 4.69) is 0 Å². The van der Waals surface area contributed by atoms with Crippen LogP contribution in [0.25, 0.3) is 0 Å². The number of aliphatic hydroxyl groups excluding tert-OH is 2. The normalized spacial score (nSPS) is 40.2. The summed E-state index contributed by atoms with van der Waals surface area (Å²) < 4.78 is 48.9. The van der Waals surface area contributed by atoms with Crippen molar-refractivity contribution < 1.29 is 72.4 Å². The van der Waals surface area contributed by atoms with Crippen molar-refractivity contribution in [3.8, 4) is 0 Å². The molecule has 0 radical (unpaired) electrons. The first-order chi connectivity index (χ1) is 27.7. The topological polar surface area (TPSA) is 206 Å². The number of cyclic esters (lactones) is 1. The summed E-state index contributed by atoms with van der Waals surface area (Å²) >= 11 is 0. The van der Waals surface area contributed by atoms with E-state index in [4.69, 9.17) is 37.9 Å². The number of aldehydes is 1. The fourth-order valence-electron chi connectivity index (χ4n) is 8.12. The Hall–Kier alpha value is -2.80. The van der Waals surface area contributed by atoms with Gasteiger partial charge in [-0.1, -0.05) is 52.0 Å². The number of allylic oxidation sites excluding steroid dienone is 2. The highest BCUT2D eigenvalue weighted by molar-refractivity contribution is 5.72. The van der Waals surface area contributed by atoms with Crippen molar-refractivity contribution in [2.24, 2.45) is 17.8 Å². The Morgan fingerprint density at radius 1 is 1.00 bits per heavy atom. The molecule has 0 aromatic heterocycles. The van der Waals surface area contributed by atoms with E-state index in [1.165, 1.54) is 7.11 Å². The number of carbonyl (C=O) groups is 4. The van der Waals surface area contributed by atoms with Gasteiger partial charge in [0, 0.05) is 39.2 Å². The van der Waals surface area contributed by atoms with E-state index in [9.17, 15) is 34.5 Å². The van der Waals surface area contributed by atoms with Crippen LogP contribution in [0.1, 0.15) is 100 Å². The molecular weight excluding hydrogens is 770 g/mol. The Labute approximate surface area is 349 Å². The quantitative estimate of drug-likeness (QED) is 0.138. The summed E-state index contributed by atoms with van der Waals surface area (Å²) in [6.45, 7) is 14.0. The molecule has 3 rings (SSSR count). The molecule has 0 aliphatic carbocycles. The Kier molecular flexibility index (Phi) is 20.1. The maximum absolute atomic E-state index is 13.3. The van der Waals surface area contributed by atoms with Crippen LogP contribution in [-0.4, -0.2) is 151 Å². The van der Waals surface area contributed by atoms with Gasteiger partial charge in [-0.2, -0.15) is 0 Å². The first-order valence-corrected chi connectivity index (χ1v) is 21.0. The molecule has 16 atom stereocenters. The van der Waals surface area contributed by atoms with Gasteiger partial charge in [0.15, 0.2) is 18.7 Å². The van der Waals surface area contributed by atoms with Crippen LogP contribution < -0.4 is 0 Å². The molecule has 338 valence electrons. The molecule has 0 aromatic carbocycles. The van der Waals surface area contributed by atoms with Gasteiger partial charge in [0.1, 0.15) is 42.4 Å². The lowest BCUT2D eigenvalue weighted by molar-refractivity contribution is -0.344. The molecule has 16 heteroatoms. The second kappa shape index (κ2) is 23.4. The van der Waals surface area contributed by atoms with Crippen molar-refractivity contribution in [1.82, 2.24) is 4.90 Å². The summed E-state index contributed by atoms with van der Waals surface area (Å²) in [5.41, 5.74) is -1.50. The number of aliphatic hydroxyl groups is 3. The standard InChI is InChI=1S/C43H71NO15/c1-12-32(47)56-31-22-34(49)53-26(5)16-14-13-15-17-30(46)25(4)21-29(18-19-45)39(40(31)52-11)59-42-37(50)36(44(9)10)38(27(6)55-42)58-35-23-43(8,51)41(28(7)54-35)57-33(48)20-24(2)3/h13-15,17,19,24-31,35-42,46,50-51H,12,16,18,20-23H2,1-11H3/b14-13+,17-15+/t25-,26-,27-,28+,29+,30+,31-,35+,36-,37-,38-,39+,40+,41+,42+,43-/m1/s1. The van der Waals surface area contributed by atoms with Crippen LogP contribution in [0.5, 0.6) is 0 Å². The molecule has 59 heavy (non-hydrogen) atoms. The largest absolute Gasteiger partial charge is 0.462 e. The summed E-state index contributed by atoms with van der Waals surface area (Å²) in [6.07, 6.45) is -4.07. The Morgan fingerprint density at radius 3 is 2.29 bits per heavy atom. The number of hydrogen-bond acceptors (Lipinski definition) is 16. The SMILES string of the molecule is CCC(=O)O[C@@H]1CC(=O)O[C@H](C)C/C=C/C=C/[C@H](O)[C@H](C)C[C@H](CC=O)[C@H](O[C@@H]2O[C@H](C)[C@@H](O[C@H]3C[C@@](C)(O)[C@@H](OC(=O)CC(C)C)[C@H](C)O3)[C@H](N(C)C)[C@H]2O)[C@H]1OC. The number of likely N-dealkylation sites (N-methyl/N-ethyl adjacent to an activating group) is 1. The molecule has 0 aromatic rings. The van der Waals surface area contributed by atoms with E-state index >= 15 is 0 Å². The van der Waals surface area contributed by atoms with Crippen molar-refractivity contribution in [2.75, 3.05) is 21.2 Å². The van der Waals surface area contributed by atoms with Gasteiger partial charge in [0.05, 0.1) is 36.9 Å². The van der Waals surface area contributed by atoms with Gasteiger partial charge >= 0.3 is 17.9 Å². The molecule has 3 aliphatic rings. The van der Waals surface area contributed by atoms with E-state index in [-0.39, 0.29) is 38.0 Å². The number of ether oxygens (including phenoxy) is 8. The zero-order valence-electron chi connectivity index (χ0n) is 36.8. The minimum Gasteiger partial charge on any atom is -0.462 e. The minimum atomic E-state index is -1.50. The summed E-state index contributed by atoms with van der Waals surface area (Å²) in [6, 6.07) is -0.782. The van der Waals surface area contributed by atoms with Crippen LogP contribution in [0.15, 0.2) is 24.3 Å². The van der Waals surface area contributed by atoms with Crippen LogP contribution in [0.2, 0.25) is 0 Å². The molecule has 2 saturated heterocycles. The Morgan fingerprint density at radius 2 is 1.69 bits per heavy atom. The van der Waals surface area contributed by atoms with Crippen LogP contribution in [-0.2, 0) is 57.1 Å². The van der Waals surface area contributed by atoms with Gasteiger partial charge in [-0.25, -0.2) is 0 Å². The van der Waals surface area contributed by atoms with E-state index in [0.717, 1.165) is 6.29 Å². The van der Waals surface area contributed by atoms with Gasteiger partial charge in [-0.05, 0) is 66.0 Å². The van der Waals surface area contributed by atoms with E-state index < -0.39 is 121 Å². The van der Waals surface area contributed by atoms with Crippen molar-refractivity contribution in [3.63, 3.8) is 0 Å². The fourth-order valence-corrected chi connectivity index (χ4v) is 8.12. The lowest BCUT2D eigenvalue weighted by Gasteiger charge is -2.50. The van der Waals surface area contributed by atoms with Gasteiger partial charge < -0.3 is 62.9 Å². The molecule has 0 unspecified atom stereocenters. The van der Waals surface area contributed by atoms with E-state index in [1.807, 2.05) is 26.8 Å². The number of esters is 3. The van der Waals surface area contributed by atoms with Crippen LogP contribution in [0, 0.1) is 17.8 Å². The third-order valence-corrected chi connectivity index (χ3v) is 11.2. The summed E-state index contributed by atoms with van der Waals surface area (Å²) in [4.78, 5) is 52.8. The molecule has 3 aliphatic heterocycles. The van der Waals surface area contributed by atoms with Gasteiger partial charge in [0.25, 0.3) is 0 Å². The van der Waals surface area contributed by atoms with Gasteiger partial charge in [-0.15, -0.1) is 0 Å². The highest BCUT2D eigenvalue weighted by Gasteiger charge is 2.53. The van der Waals surface area contributed by atoms with Crippen LogP contribution >= 0.6 is 0 Å². The van der Waals surface area contributed by atoms with Crippen molar-refractivity contribution in [3.05, 3.63) is 24.3 Å². The van der Waals surface area contributed by atoms with Crippen molar-refractivity contribution >= 4 is 24.2 Å². The summed E-state index contributed by atoms with van der Waals surface area (Å²) in [7, 11) is 4.87. The molecular formula is C43H71NO15. The van der Waals surface area contributed by atoms with Gasteiger partial charge in [0.2, 0.25) is 0 Å². The zero-order chi connectivity index (χ0) is 44.2. The second-order valence-electron chi connectivity index (χ2n) is 17.2. The number of hydrogen-bond donors (Lipinski definition) is 3. The summed E-state index contributed by atoms with van der Waals surface area (Å²) in [5.74, 6) is -2.72. The lowest BCUT2D eigenvalue weighted by atomic mass is 9.82. The predicted molar refractivity (Wildman–Crippen MR) is 214 cm³/mol. The number of methoxy groups -OCH3 is 1. The van der Waals surface area contributed by atoms with E-state index in [0.29, 0.717) is 6.42 Å². The minimum absolute atomic E-state index is 0.00123. The van der Waals surface area contributed by atoms with Crippen LogP contribution in [0.4, 0.5) is 0 Å². The smallest absolute Gasteiger partial charge is 0.309 e. The number of nitrogens with zero attached hydrogens (tertiary/aromatic N) is 1. The molecule has 0 bridgehead atoms. The highest BCUT2D eigenvalue weighted by atomic mass is 16.7. The highest BCUT2D eigenvalue weighted by Crippen LogP contribution is 2.38. The molecule has 3 heterocycles. The van der Waals surface area contributed by atoms with Crippen molar-refractivity contribution in [2.45, 2.75) is 186 Å². The zero-order valence-corrected chi connectivity index (χ0v) is 36.8. The number of carbonyl (C=O) groups excluding carboxylic acids is 4. The first kappa shape index (κ1) is 50.6. The molecule has 16 nitrogen and oxygen atoms in total. The molecule has 3 N–H and O–H groups in total. The average molecular weight is 842 g/mol. The monoisotopic (exact) mass is 841 g/mol. The lowest BCUT2D eigenvalue weighted by Crippen LogP contribution is -2.66. The maximum Gasteiger partial charge on any atom is 0.309 e. The second-order valence-corrected chi connectivity index (χ2v) is 17.2. The Bertz CT molecular complexity index is 1400. The third-order valence-electron chi connectivity index (χ3n) is 11.2. The molecule has 2 fully saturated rings. The van der Waals surface area contributed by atoms with Crippen LogP contribution in [0.3, 0.4) is 0 Å². The maximum atomic E-state index is 13.3. The van der Waals surface area contributed by atoms with Crippen molar-refractivity contribution in [1.29, 1.82) is 0 Å². The summed E-state index contributed by atoms with van der Waals surface area (Å²) in [5, 5.41) is 34.7. The predicted octanol–water partition coefficient (Wildman–Crippen LogP) is 3.40. The molecule has 0 spiro atoms. The molecule has 0 amide bonds. The van der Waals surface area contributed by atoms with Gasteiger partial charge in [-0.3, -0.25) is 14.4 Å². The first-order valence-electron chi connectivity index (χ1n) is 21.0. The molecule has 0 saturated carbocycles. The fraction of sp³-hybridized carbons (Fsp3) is 0.814. The third kappa shape index (κ3) is 14.7.